The van der Waals surface area contributed by atoms with Crippen molar-refractivity contribution < 1.29 is 0 Å². The maximum atomic E-state index is 2.37. The van der Waals surface area contributed by atoms with Crippen molar-refractivity contribution in [3.8, 4) is 0 Å². The zero-order chi connectivity index (χ0) is 71.2. The summed E-state index contributed by atoms with van der Waals surface area (Å²) in [5.74, 6) is 0. The third-order valence-electron chi connectivity index (χ3n) is 10.4. The topological polar surface area (TPSA) is 14.7 Å². The molecule has 90 heavy (non-hydrogen) atoms. The van der Waals surface area contributed by atoms with Crippen molar-refractivity contribution in [3.63, 3.8) is 0 Å². The van der Waals surface area contributed by atoms with Crippen LogP contribution in [0.3, 0.4) is 0 Å². The highest BCUT2D eigenvalue weighted by Crippen LogP contribution is 2.29. The minimum absolute atomic E-state index is 0.980. The lowest BCUT2D eigenvalue weighted by atomic mass is 10.2. The number of para-hydroxylation sites is 8. The first-order valence-corrected chi connectivity index (χ1v) is 36.1. The molecule has 0 atom stereocenters. The SMILES string of the molecule is CC.CC.CC.CC.CC.CC.CC.CC.CC.CC.CC.CC.CCC.CCC.CCN(c1ccccc1)c1ccccc1.CCN(c1ccccc1)c1ccccc1.CCN(c1ccccc1)c1ccccc1.CCn1c2ccccc2c2ccccc21. The lowest BCUT2D eigenvalue weighted by Crippen LogP contribution is -2.15. The minimum Gasteiger partial charge on any atom is -0.342 e. The van der Waals surface area contributed by atoms with Crippen molar-refractivity contribution in [1.29, 1.82) is 0 Å². The standard InChI is InChI=1S/C14H13N.3C14H15N.2C3H8.12C2H6/c1-2-15-13-9-5-3-7-11(13)12-8-4-6-10-14(12)15;3*1-2-15(13-9-5-3-6-10-13)14-11-7-4-8-12-14;2*1-3-2;12*1-2/h3-10H,2H2,1H3;3*3-12H,2H2,1H3;2*3H2,1-2H3;12*1-2H3. The summed E-state index contributed by atoms with van der Waals surface area (Å²) < 4.78 is 2.37. The van der Waals surface area contributed by atoms with Gasteiger partial charge in [-0.05, 0) is 113 Å². The Kier molecular flexibility index (Phi) is 97.5. The van der Waals surface area contributed by atoms with Gasteiger partial charge in [-0.15, -0.1) is 0 Å². The lowest BCUT2D eigenvalue weighted by Gasteiger charge is -2.23. The van der Waals surface area contributed by atoms with Crippen LogP contribution in [0.2, 0.25) is 0 Å². The number of aromatic nitrogens is 1. The molecule has 0 saturated carbocycles. The molecule has 0 N–H and O–H groups in total. The zero-order valence-corrected chi connectivity index (χ0v) is 65.0. The number of fused-ring (bicyclic) bond motifs is 3. The van der Waals surface area contributed by atoms with Crippen LogP contribution >= 0.6 is 0 Å². The van der Waals surface area contributed by atoms with Gasteiger partial charge < -0.3 is 19.3 Å². The highest BCUT2D eigenvalue weighted by molar-refractivity contribution is 6.07. The third kappa shape index (κ3) is 45.2. The van der Waals surface area contributed by atoms with Crippen LogP contribution in [0.5, 0.6) is 0 Å². The van der Waals surface area contributed by atoms with E-state index in [1.165, 1.54) is 68.8 Å². The third-order valence-corrected chi connectivity index (χ3v) is 10.4. The van der Waals surface area contributed by atoms with E-state index < -0.39 is 0 Å². The molecule has 510 valence electrons. The highest BCUT2D eigenvalue weighted by atomic mass is 15.1. The second-order valence-corrected chi connectivity index (χ2v) is 15.4. The molecule has 0 fully saturated rings. The van der Waals surface area contributed by atoms with Gasteiger partial charge in [0.2, 0.25) is 0 Å². The molecular weight excluding hydrogens is 1090 g/mol. The second kappa shape index (κ2) is 86.2. The van der Waals surface area contributed by atoms with Gasteiger partial charge in [-0.1, -0.05) is 352 Å². The molecule has 1 aromatic heterocycles. The van der Waals surface area contributed by atoms with E-state index >= 15 is 0 Å². The van der Waals surface area contributed by atoms with Crippen molar-refractivity contribution in [2.45, 2.75) is 241 Å². The predicted molar refractivity (Wildman–Crippen MR) is 430 cm³/mol. The molecule has 9 rings (SSSR count). The molecule has 0 bridgehead atoms. The van der Waals surface area contributed by atoms with Gasteiger partial charge in [0, 0.05) is 82.1 Å². The molecule has 0 unspecified atom stereocenters. The monoisotopic (exact) mass is 1240 g/mol. The van der Waals surface area contributed by atoms with Crippen LogP contribution in [0, 0.1) is 0 Å². The number of hydrogen-bond donors (Lipinski definition) is 0. The summed E-state index contributed by atoms with van der Waals surface area (Å²) in [5.41, 5.74) is 10.1. The fourth-order valence-corrected chi connectivity index (χ4v) is 7.53. The van der Waals surface area contributed by atoms with Crippen molar-refractivity contribution in [2.75, 3.05) is 34.3 Å². The first kappa shape index (κ1) is 102. The molecule has 0 aliphatic heterocycles. The van der Waals surface area contributed by atoms with Gasteiger partial charge in [0.1, 0.15) is 0 Å². The van der Waals surface area contributed by atoms with E-state index in [2.05, 4.69) is 269 Å². The number of aryl methyl sites for hydroxylation is 1. The molecule has 4 nitrogen and oxygen atoms in total. The molecule has 8 aromatic carbocycles. The van der Waals surface area contributed by atoms with Gasteiger partial charge in [0.25, 0.3) is 0 Å². The van der Waals surface area contributed by atoms with Gasteiger partial charge in [0.05, 0.1) is 0 Å². The molecular formula is C86H146N4. The molecule has 9 aromatic rings. The van der Waals surface area contributed by atoms with Crippen LogP contribution in [-0.2, 0) is 6.54 Å². The Labute approximate surface area is 563 Å². The van der Waals surface area contributed by atoms with Crippen LogP contribution < -0.4 is 14.7 Å². The van der Waals surface area contributed by atoms with Crippen molar-refractivity contribution in [3.05, 3.63) is 231 Å². The molecule has 0 aliphatic rings. The Morgan fingerprint density at radius 2 is 0.333 bits per heavy atom. The Morgan fingerprint density at radius 1 is 0.200 bits per heavy atom. The summed E-state index contributed by atoms with van der Waals surface area (Å²) in [5, 5.41) is 2.71. The number of nitrogens with zero attached hydrogens (tertiary/aromatic N) is 4. The van der Waals surface area contributed by atoms with E-state index in [1.807, 2.05) is 203 Å². The molecule has 4 heteroatoms. The number of rotatable bonds is 10. The summed E-state index contributed by atoms with van der Waals surface area (Å²) in [6.07, 6.45) is 2.50. The van der Waals surface area contributed by atoms with Crippen LogP contribution in [0.4, 0.5) is 34.1 Å². The Bertz CT molecular complexity index is 2190. The Balaban J connectivity index is -0.000000121. The average molecular weight is 1240 g/mol. The Hall–Kier alpha value is -7.04. The fourth-order valence-electron chi connectivity index (χ4n) is 7.53. The van der Waals surface area contributed by atoms with E-state index in [4.69, 9.17) is 0 Å². The van der Waals surface area contributed by atoms with Gasteiger partial charge >= 0.3 is 0 Å². The number of anilines is 6. The van der Waals surface area contributed by atoms with Gasteiger partial charge in [0.15, 0.2) is 0 Å². The first-order valence-electron chi connectivity index (χ1n) is 36.1. The lowest BCUT2D eigenvalue weighted by molar-refractivity contribution is 0.827. The van der Waals surface area contributed by atoms with E-state index in [9.17, 15) is 0 Å². The summed E-state index contributed by atoms with van der Waals surface area (Å²) in [6, 6.07) is 79.9. The zero-order valence-electron chi connectivity index (χ0n) is 65.0. The summed E-state index contributed by atoms with van der Waals surface area (Å²) >= 11 is 0. The number of benzene rings is 8. The van der Waals surface area contributed by atoms with Crippen molar-refractivity contribution in [1.82, 2.24) is 4.57 Å². The quantitative estimate of drug-likeness (QED) is 0.136. The molecule has 0 aliphatic carbocycles. The van der Waals surface area contributed by atoms with Crippen molar-refractivity contribution in [2.24, 2.45) is 0 Å². The van der Waals surface area contributed by atoms with Gasteiger partial charge in [-0.3, -0.25) is 0 Å². The second-order valence-electron chi connectivity index (χ2n) is 15.4. The summed E-state index contributed by atoms with van der Waals surface area (Å²) in [6.45, 7) is 69.2. The number of hydrogen-bond acceptors (Lipinski definition) is 3. The summed E-state index contributed by atoms with van der Waals surface area (Å²) in [7, 11) is 0. The van der Waals surface area contributed by atoms with Crippen LogP contribution in [-0.4, -0.2) is 24.2 Å². The molecule has 0 amide bonds. The van der Waals surface area contributed by atoms with Crippen LogP contribution in [0.15, 0.2) is 231 Å². The van der Waals surface area contributed by atoms with E-state index in [1.54, 1.807) is 0 Å². The van der Waals surface area contributed by atoms with Gasteiger partial charge in [-0.2, -0.15) is 0 Å². The average Bonchev–Trinajstić information content (AvgIpc) is 2.39. The molecule has 0 saturated heterocycles. The van der Waals surface area contributed by atoms with E-state index in [-0.39, 0.29) is 0 Å². The van der Waals surface area contributed by atoms with Crippen molar-refractivity contribution >= 4 is 55.9 Å². The molecule has 0 spiro atoms. The minimum atomic E-state index is 0.980. The maximum Gasteiger partial charge on any atom is 0.0491 e. The fraction of sp³-hybridized carbons (Fsp3) is 0.442. The maximum absolute atomic E-state index is 2.37. The smallest absolute Gasteiger partial charge is 0.0491 e. The first-order chi connectivity index (χ1) is 44.5. The highest BCUT2D eigenvalue weighted by Gasteiger charge is 2.08. The molecule has 1 heterocycles. The van der Waals surface area contributed by atoms with E-state index in [0.717, 1.165) is 26.2 Å². The predicted octanol–water partition coefficient (Wildman–Crippen LogP) is 30.5. The van der Waals surface area contributed by atoms with Crippen LogP contribution in [0.25, 0.3) is 21.8 Å². The Morgan fingerprint density at radius 3 is 0.467 bits per heavy atom. The summed E-state index contributed by atoms with van der Waals surface area (Å²) in [4.78, 5) is 6.88. The largest absolute Gasteiger partial charge is 0.342 e. The van der Waals surface area contributed by atoms with Gasteiger partial charge in [-0.25, -0.2) is 0 Å². The molecule has 0 radical (unpaired) electrons. The van der Waals surface area contributed by atoms with Crippen LogP contribution in [0.1, 0.15) is 234 Å². The normalized spacial score (nSPS) is 8.04. The van der Waals surface area contributed by atoms with E-state index in [0.29, 0.717) is 0 Å².